The molecule has 0 radical (unpaired) electrons. The van der Waals surface area contributed by atoms with E-state index in [2.05, 4.69) is 0 Å². The van der Waals surface area contributed by atoms with Crippen molar-refractivity contribution < 1.29 is 9.90 Å². The Hall–Kier alpha value is -1.06. The molecule has 0 spiro atoms. The van der Waals surface area contributed by atoms with Crippen LogP contribution in [-0.2, 0) is 0 Å². The van der Waals surface area contributed by atoms with Crippen LogP contribution in [0.4, 0.5) is 0 Å². The van der Waals surface area contributed by atoms with Crippen molar-refractivity contribution in [3.05, 3.63) is 34.3 Å². The summed E-state index contributed by atoms with van der Waals surface area (Å²) in [5.41, 5.74) is 1.58. The minimum Gasteiger partial charge on any atom is -0.396 e. The molecule has 4 heteroatoms. The fraction of sp³-hybridized carbons (Fsp3) is 0.462. The number of rotatable bonds is 2. The summed E-state index contributed by atoms with van der Waals surface area (Å²) >= 11 is 5.93. The van der Waals surface area contributed by atoms with E-state index in [-0.39, 0.29) is 18.4 Å². The van der Waals surface area contributed by atoms with Crippen LogP contribution in [0.5, 0.6) is 0 Å². The molecule has 1 heterocycles. The number of aliphatic hydroxyl groups is 1. The fourth-order valence-corrected chi connectivity index (χ4v) is 2.24. The molecule has 1 fully saturated rings. The summed E-state index contributed by atoms with van der Waals surface area (Å²) in [5, 5.41) is 9.74. The smallest absolute Gasteiger partial charge is 0.253 e. The van der Waals surface area contributed by atoms with Crippen LogP contribution in [-0.4, -0.2) is 35.6 Å². The average Bonchev–Trinajstić information content (AvgIpc) is 2.80. The van der Waals surface area contributed by atoms with Crippen molar-refractivity contribution in [1.29, 1.82) is 0 Å². The molecule has 0 aliphatic carbocycles. The molecule has 0 bridgehead atoms. The number of hydrogen-bond donors (Lipinski definition) is 1. The van der Waals surface area contributed by atoms with Crippen LogP contribution in [0.25, 0.3) is 0 Å². The van der Waals surface area contributed by atoms with E-state index in [0.717, 1.165) is 18.5 Å². The van der Waals surface area contributed by atoms with Crippen LogP contribution in [0.15, 0.2) is 18.2 Å². The summed E-state index contributed by atoms with van der Waals surface area (Å²) in [6, 6.07) is 5.32. The Morgan fingerprint density at radius 1 is 1.59 bits per heavy atom. The second-order valence-electron chi connectivity index (χ2n) is 4.55. The van der Waals surface area contributed by atoms with Gasteiger partial charge in [0.15, 0.2) is 0 Å². The lowest BCUT2D eigenvalue weighted by atomic mass is 10.1. The predicted octanol–water partition coefficient (Wildman–Crippen LogP) is 2.10. The SMILES string of the molecule is Cc1cc(C(=O)N2CC[C@H](CO)C2)ccc1Cl. The van der Waals surface area contributed by atoms with Gasteiger partial charge in [0.2, 0.25) is 0 Å². The first-order valence-electron chi connectivity index (χ1n) is 5.78. The monoisotopic (exact) mass is 253 g/mol. The molecule has 1 aromatic carbocycles. The molecule has 1 atom stereocenters. The van der Waals surface area contributed by atoms with E-state index in [0.29, 0.717) is 17.1 Å². The number of aliphatic hydroxyl groups excluding tert-OH is 1. The second-order valence-corrected chi connectivity index (χ2v) is 4.96. The molecule has 92 valence electrons. The van der Waals surface area contributed by atoms with Crippen LogP contribution in [0.1, 0.15) is 22.3 Å². The van der Waals surface area contributed by atoms with Crippen LogP contribution < -0.4 is 0 Å². The maximum atomic E-state index is 12.2. The molecule has 1 amide bonds. The first kappa shape index (κ1) is 12.4. The summed E-state index contributed by atoms with van der Waals surface area (Å²) in [6.07, 6.45) is 0.884. The highest BCUT2D eigenvalue weighted by atomic mass is 35.5. The highest BCUT2D eigenvalue weighted by Crippen LogP contribution is 2.21. The number of carbonyl (C=O) groups is 1. The number of hydrogen-bond acceptors (Lipinski definition) is 2. The largest absolute Gasteiger partial charge is 0.396 e. The molecule has 1 aliphatic rings. The summed E-state index contributed by atoms with van der Waals surface area (Å²) in [4.78, 5) is 14.0. The zero-order valence-corrected chi connectivity index (χ0v) is 10.6. The molecule has 3 nitrogen and oxygen atoms in total. The van der Waals surface area contributed by atoms with Crippen molar-refractivity contribution in [3.8, 4) is 0 Å². The van der Waals surface area contributed by atoms with Gasteiger partial charge in [0.05, 0.1) is 0 Å². The lowest BCUT2D eigenvalue weighted by Crippen LogP contribution is -2.29. The van der Waals surface area contributed by atoms with Crippen molar-refractivity contribution in [1.82, 2.24) is 4.90 Å². The van der Waals surface area contributed by atoms with E-state index in [9.17, 15) is 4.79 Å². The minimum absolute atomic E-state index is 0.0284. The maximum Gasteiger partial charge on any atom is 0.253 e. The van der Waals surface area contributed by atoms with Gasteiger partial charge in [-0.1, -0.05) is 11.6 Å². The van der Waals surface area contributed by atoms with E-state index in [4.69, 9.17) is 16.7 Å². The first-order chi connectivity index (χ1) is 8.11. The molecular formula is C13H16ClNO2. The standard InChI is InChI=1S/C13H16ClNO2/c1-9-6-11(2-3-12(9)14)13(17)15-5-4-10(7-15)8-16/h2-3,6,10,16H,4-5,7-8H2,1H3/t10-/m0/s1. The number of likely N-dealkylation sites (tertiary alicyclic amines) is 1. The van der Waals surface area contributed by atoms with Gasteiger partial charge < -0.3 is 10.0 Å². The van der Waals surface area contributed by atoms with Crippen LogP contribution in [0.2, 0.25) is 5.02 Å². The van der Waals surface area contributed by atoms with Gasteiger partial charge in [-0.2, -0.15) is 0 Å². The Morgan fingerprint density at radius 2 is 2.35 bits per heavy atom. The van der Waals surface area contributed by atoms with Crippen LogP contribution in [0, 0.1) is 12.8 Å². The van der Waals surface area contributed by atoms with Gasteiger partial charge in [-0.15, -0.1) is 0 Å². The Bertz CT molecular complexity index is 433. The number of amides is 1. The lowest BCUT2D eigenvalue weighted by Gasteiger charge is -2.16. The number of carbonyl (C=O) groups excluding carboxylic acids is 1. The van der Waals surface area contributed by atoms with Crippen LogP contribution >= 0.6 is 11.6 Å². The number of benzene rings is 1. The molecule has 0 unspecified atom stereocenters. The molecular weight excluding hydrogens is 238 g/mol. The molecule has 2 rings (SSSR count). The first-order valence-corrected chi connectivity index (χ1v) is 6.16. The Kier molecular flexibility index (Phi) is 3.69. The van der Waals surface area contributed by atoms with Crippen molar-refractivity contribution in [2.45, 2.75) is 13.3 Å². The van der Waals surface area contributed by atoms with Gasteiger partial charge in [0, 0.05) is 36.2 Å². The Labute approximate surface area is 106 Å². The van der Waals surface area contributed by atoms with E-state index >= 15 is 0 Å². The minimum atomic E-state index is 0.0284. The van der Waals surface area contributed by atoms with E-state index < -0.39 is 0 Å². The molecule has 0 saturated carbocycles. The second kappa shape index (κ2) is 5.07. The van der Waals surface area contributed by atoms with Crippen molar-refractivity contribution in [2.75, 3.05) is 19.7 Å². The summed E-state index contributed by atoms with van der Waals surface area (Å²) in [7, 11) is 0. The van der Waals surface area contributed by atoms with Crippen LogP contribution in [0.3, 0.4) is 0 Å². The van der Waals surface area contributed by atoms with Gasteiger partial charge in [0.1, 0.15) is 0 Å². The normalized spacial score (nSPS) is 19.7. The zero-order valence-electron chi connectivity index (χ0n) is 9.82. The Morgan fingerprint density at radius 3 is 2.94 bits per heavy atom. The molecule has 1 N–H and O–H groups in total. The van der Waals surface area contributed by atoms with Crippen molar-refractivity contribution in [2.24, 2.45) is 5.92 Å². The predicted molar refractivity (Wildman–Crippen MR) is 67.3 cm³/mol. The molecule has 1 saturated heterocycles. The number of nitrogens with zero attached hydrogens (tertiary/aromatic N) is 1. The summed E-state index contributed by atoms with van der Waals surface area (Å²) in [6.45, 7) is 3.42. The summed E-state index contributed by atoms with van der Waals surface area (Å²) in [5.74, 6) is 0.257. The highest BCUT2D eigenvalue weighted by molar-refractivity contribution is 6.31. The lowest BCUT2D eigenvalue weighted by molar-refractivity contribution is 0.0782. The van der Waals surface area contributed by atoms with E-state index in [1.165, 1.54) is 0 Å². The van der Waals surface area contributed by atoms with Gasteiger partial charge in [-0.05, 0) is 37.1 Å². The van der Waals surface area contributed by atoms with Gasteiger partial charge in [0.25, 0.3) is 5.91 Å². The zero-order chi connectivity index (χ0) is 12.4. The molecule has 1 aliphatic heterocycles. The quantitative estimate of drug-likeness (QED) is 0.877. The van der Waals surface area contributed by atoms with E-state index in [1.54, 1.807) is 17.0 Å². The third kappa shape index (κ3) is 2.61. The fourth-order valence-electron chi connectivity index (χ4n) is 2.13. The third-order valence-corrected chi connectivity index (χ3v) is 3.66. The number of aryl methyl sites for hydroxylation is 1. The molecule has 0 aromatic heterocycles. The van der Waals surface area contributed by atoms with Gasteiger partial charge >= 0.3 is 0 Å². The third-order valence-electron chi connectivity index (χ3n) is 3.24. The topological polar surface area (TPSA) is 40.5 Å². The highest BCUT2D eigenvalue weighted by Gasteiger charge is 2.26. The van der Waals surface area contributed by atoms with Crippen molar-refractivity contribution in [3.63, 3.8) is 0 Å². The molecule has 1 aromatic rings. The van der Waals surface area contributed by atoms with Gasteiger partial charge in [-0.25, -0.2) is 0 Å². The molecule has 17 heavy (non-hydrogen) atoms. The van der Waals surface area contributed by atoms with E-state index in [1.807, 2.05) is 13.0 Å². The Balaban J connectivity index is 2.12. The van der Waals surface area contributed by atoms with Gasteiger partial charge in [-0.3, -0.25) is 4.79 Å². The number of halogens is 1. The average molecular weight is 254 g/mol. The maximum absolute atomic E-state index is 12.2. The van der Waals surface area contributed by atoms with Crippen molar-refractivity contribution >= 4 is 17.5 Å². The summed E-state index contributed by atoms with van der Waals surface area (Å²) < 4.78 is 0.